The van der Waals surface area contributed by atoms with Crippen LogP contribution >= 0.6 is 0 Å². The minimum atomic E-state index is -4.13. The summed E-state index contributed by atoms with van der Waals surface area (Å²) in [5.74, 6) is -0.423. The van der Waals surface area contributed by atoms with Gasteiger partial charge in [-0.05, 0) is 5.56 Å². The molecule has 6 heteroatoms. The summed E-state index contributed by atoms with van der Waals surface area (Å²) in [5.41, 5.74) is 1.69. The summed E-state index contributed by atoms with van der Waals surface area (Å²) < 4.78 is 30.7. The molecule has 5 nitrogen and oxygen atoms in total. The van der Waals surface area contributed by atoms with Gasteiger partial charge in [-0.15, -0.1) is 0 Å². The van der Waals surface area contributed by atoms with Crippen LogP contribution < -0.4 is 4.98 Å². The van der Waals surface area contributed by atoms with Gasteiger partial charge in [-0.3, -0.25) is 4.98 Å². The SMILES string of the molecule is Cc1c[nH+]c[nH]1.O=S(=O)([O-])Cc1ccccc1. The standard InChI is InChI=1S/C7H8O3S.C4H6N2/c8-11(9,10)6-7-4-2-1-3-5-7;1-4-2-5-3-6-4/h1-5H,6H2,(H,8,9,10);2-3H,1H3,(H,5,6). The summed E-state index contributed by atoms with van der Waals surface area (Å²) in [6, 6.07) is 8.37. The molecule has 0 unspecified atom stereocenters. The van der Waals surface area contributed by atoms with E-state index < -0.39 is 15.9 Å². The van der Waals surface area contributed by atoms with Crippen molar-refractivity contribution in [2.45, 2.75) is 12.7 Å². The third-order valence-corrected chi connectivity index (χ3v) is 2.56. The van der Waals surface area contributed by atoms with E-state index in [4.69, 9.17) is 0 Å². The van der Waals surface area contributed by atoms with Crippen LogP contribution in [0, 0.1) is 6.92 Å². The number of imidazole rings is 1. The third kappa shape index (κ3) is 6.49. The van der Waals surface area contributed by atoms with Crippen LogP contribution in [0.15, 0.2) is 42.9 Å². The molecular formula is C11H14N2O3S. The van der Waals surface area contributed by atoms with Crippen LogP contribution in [0.2, 0.25) is 0 Å². The third-order valence-electron chi connectivity index (χ3n) is 1.87. The van der Waals surface area contributed by atoms with Gasteiger partial charge < -0.3 is 4.55 Å². The molecule has 1 aromatic carbocycles. The highest BCUT2D eigenvalue weighted by atomic mass is 32.2. The molecule has 2 rings (SSSR count). The first kappa shape index (κ1) is 13.4. The largest absolute Gasteiger partial charge is 0.748 e. The van der Waals surface area contributed by atoms with Crippen molar-refractivity contribution < 1.29 is 18.0 Å². The first-order chi connectivity index (χ1) is 7.97. The molecule has 17 heavy (non-hydrogen) atoms. The zero-order chi connectivity index (χ0) is 12.7. The molecule has 0 amide bonds. The number of H-pyrrole nitrogens is 2. The van der Waals surface area contributed by atoms with E-state index in [1.807, 2.05) is 13.1 Å². The molecule has 0 atom stereocenters. The Hall–Kier alpha value is -1.66. The van der Waals surface area contributed by atoms with Crippen LogP contribution in [0.1, 0.15) is 11.3 Å². The van der Waals surface area contributed by atoms with Crippen LogP contribution in [0.3, 0.4) is 0 Å². The van der Waals surface area contributed by atoms with E-state index >= 15 is 0 Å². The van der Waals surface area contributed by atoms with Gasteiger partial charge in [-0.2, -0.15) is 0 Å². The summed E-state index contributed by atoms with van der Waals surface area (Å²) in [7, 11) is -4.13. The van der Waals surface area contributed by atoms with Crippen molar-refractivity contribution in [3.05, 3.63) is 54.1 Å². The number of benzene rings is 1. The van der Waals surface area contributed by atoms with Gasteiger partial charge in [0.2, 0.25) is 6.33 Å². The second-order valence-corrected chi connectivity index (χ2v) is 4.87. The number of hydrogen-bond acceptors (Lipinski definition) is 3. The van der Waals surface area contributed by atoms with Gasteiger partial charge >= 0.3 is 0 Å². The quantitative estimate of drug-likeness (QED) is 0.806. The second-order valence-electron chi connectivity index (χ2n) is 3.47. The lowest BCUT2D eigenvalue weighted by molar-refractivity contribution is -0.376. The molecule has 0 saturated heterocycles. The Balaban J connectivity index is 0.000000202. The minimum absolute atomic E-state index is 0.423. The van der Waals surface area contributed by atoms with E-state index in [-0.39, 0.29) is 0 Å². The van der Waals surface area contributed by atoms with E-state index in [1.54, 1.807) is 36.7 Å². The van der Waals surface area contributed by atoms with Gasteiger partial charge in [0.25, 0.3) is 0 Å². The molecular weight excluding hydrogens is 240 g/mol. The van der Waals surface area contributed by atoms with Gasteiger partial charge in [0.05, 0.1) is 15.9 Å². The molecule has 2 N–H and O–H groups in total. The molecule has 0 spiro atoms. The van der Waals surface area contributed by atoms with Gasteiger partial charge in [0.15, 0.2) is 0 Å². The molecule has 92 valence electrons. The Labute approximate surface area is 100 Å². The lowest BCUT2D eigenvalue weighted by Gasteiger charge is -2.05. The fourth-order valence-electron chi connectivity index (χ4n) is 1.14. The average molecular weight is 254 g/mol. The monoisotopic (exact) mass is 254 g/mol. The zero-order valence-electron chi connectivity index (χ0n) is 9.38. The van der Waals surface area contributed by atoms with Gasteiger partial charge in [0, 0.05) is 6.92 Å². The fraction of sp³-hybridized carbons (Fsp3) is 0.182. The number of aromatic nitrogens is 2. The maximum Gasteiger partial charge on any atom is 0.239 e. The minimum Gasteiger partial charge on any atom is -0.748 e. The smallest absolute Gasteiger partial charge is 0.239 e. The van der Waals surface area contributed by atoms with Gasteiger partial charge in [0.1, 0.15) is 11.9 Å². The van der Waals surface area contributed by atoms with Gasteiger partial charge in [-0.25, -0.2) is 13.4 Å². The van der Waals surface area contributed by atoms with Gasteiger partial charge in [-0.1, -0.05) is 30.3 Å². The predicted molar refractivity (Wildman–Crippen MR) is 61.9 cm³/mol. The summed E-state index contributed by atoms with van der Waals surface area (Å²) in [5, 5.41) is 0. The first-order valence-electron chi connectivity index (χ1n) is 4.96. The number of aromatic amines is 2. The molecule has 0 saturated carbocycles. The van der Waals surface area contributed by atoms with Crippen molar-refractivity contribution in [3.63, 3.8) is 0 Å². The molecule has 0 radical (unpaired) electrons. The normalized spacial score (nSPS) is 10.5. The lowest BCUT2D eigenvalue weighted by atomic mass is 10.2. The topological polar surface area (TPSA) is 87.1 Å². The highest BCUT2D eigenvalue weighted by Gasteiger charge is 1.95. The predicted octanol–water partition coefficient (Wildman–Crippen LogP) is 0.869. The van der Waals surface area contributed by atoms with Crippen LogP contribution in [0.5, 0.6) is 0 Å². The van der Waals surface area contributed by atoms with Crippen molar-refractivity contribution in [2.75, 3.05) is 0 Å². The molecule has 0 aliphatic carbocycles. The zero-order valence-corrected chi connectivity index (χ0v) is 10.2. The van der Waals surface area contributed by atoms with Crippen LogP contribution in [0.4, 0.5) is 0 Å². The molecule has 0 bridgehead atoms. The van der Waals surface area contributed by atoms with E-state index in [0.29, 0.717) is 5.56 Å². The summed E-state index contributed by atoms with van der Waals surface area (Å²) in [6.45, 7) is 2.00. The number of nitrogens with one attached hydrogen (secondary N) is 2. The lowest BCUT2D eigenvalue weighted by Crippen LogP contribution is -2.01. The number of rotatable bonds is 2. The molecule has 2 aromatic rings. The summed E-state index contributed by atoms with van der Waals surface area (Å²) in [4.78, 5) is 5.82. The van der Waals surface area contributed by atoms with Crippen molar-refractivity contribution in [1.82, 2.24) is 4.98 Å². The first-order valence-corrected chi connectivity index (χ1v) is 6.53. The Kier molecular flexibility index (Phi) is 4.86. The maximum atomic E-state index is 10.2. The Bertz CT molecular complexity index is 521. The van der Waals surface area contributed by atoms with Crippen LogP contribution in [-0.2, 0) is 15.9 Å². The van der Waals surface area contributed by atoms with Crippen molar-refractivity contribution >= 4 is 10.1 Å². The van der Waals surface area contributed by atoms with Crippen LogP contribution in [-0.4, -0.2) is 18.0 Å². The second kappa shape index (κ2) is 6.17. The Morgan fingerprint density at radius 3 is 2.29 bits per heavy atom. The highest BCUT2D eigenvalue weighted by molar-refractivity contribution is 7.84. The van der Waals surface area contributed by atoms with E-state index in [2.05, 4.69) is 9.97 Å². The van der Waals surface area contributed by atoms with E-state index in [0.717, 1.165) is 5.69 Å². The Morgan fingerprint density at radius 2 is 1.94 bits per heavy atom. The van der Waals surface area contributed by atoms with Crippen molar-refractivity contribution in [3.8, 4) is 0 Å². The fourth-order valence-corrected chi connectivity index (χ4v) is 1.74. The van der Waals surface area contributed by atoms with E-state index in [1.165, 1.54) is 0 Å². The molecule has 1 aromatic heterocycles. The summed E-state index contributed by atoms with van der Waals surface area (Å²) in [6.07, 6.45) is 3.69. The molecule has 0 aliphatic rings. The highest BCUT2D eigenvalue weighted by Crippen LogP contribution is 2.02. The van der Waals surface area contributed by atoms with Crippen molar-refractivity contribution in [1.29, 1.82) is 0 Å². The average Bonchev–Trinajstić information content (AvgIpc) is 2.69. The van der Waals surface area contributed by atoms with Crippen LogP contribution in [0.25, 0.3) is 0 Å². The summed E-state index contributed by atoms with van der Waals surface area (Å²) >= 11 is 0. The maximum absolute atomic E-state index is 10.2. The Morgan fingerprint density at radius 1 is 1.29 bits per heavy atom. The van der Waals surface area contributed by atoms with Crippen molar-refractivity contribution in [2.24, 2.45) is 0 Å². The molecule has 0 fully saturated rings. The molecule has 0 aliphatic heterocycles. The van der Waals surface area contributed by atoms with E-state index in [9.17, 15) is 13.0 Å². The number of aryl methyl sites for hydroxylation is 1. The molecule has 1 heterocycles. The number of hydrogen-bond donors (Lipinski definition) is 1.